The van der Waals surface area contributed by atoms with Crippen LogP contribution in [0.2, 0.25) is 0 Å². The molecule has 1 fully saturated rings. The number of anilines is 1. The second kappa shape index (κ2) is 9.86. The Morgan fingerprint density at radius 1 is 0.914 bits per heavy atom. The Morgan fingerprint density at radius 3 is 2.31 bits per heavy atom. The first-order valence-corrected chi connectivity index (χ1v) is 11.7. The van der Waals surface area contributed by atoms with Crippen molar-refractivity contribution in [2.24, 2.45) is 0 Å². The van der Waals surface area contributed by atoms with Crippen molar-refractivity contribution < 1.29 is 9.18 Å². The lowest BCUT2D eigenvalue weighted by Gasteiger charge is -2.36. The van der Waals surface area contributed by atoms with E-state index < -0.39 is 0 Å². The summed E-state index contributed by atoms with van der Waals surface area (Å²) in [6.07, 6.45) is 3.64. The summed E-state index contributed by atoms with van der Waals surface area (Å²) in [5.41, 5.74) is 4.04. The van der Waals surface area contributed by atoms with Gasteiger partial charge in [0.1, 0.15) is 17.5 Å². The average molecular weight is 465 g/mol. The first kappa shape index (κ1) is 22.4. The molecule has 0 atom stereocenters. The van der Waals surface area contributed by atoms with E-state index in [9.17, 15) is 14.4 Å². The molecule has 1 amide bonds. The van der Waals surface area contributed by atoms with Crippen LogP contribution in [-0.4, -0.2) is 41.6 Å². The number of piperazine rings is 1. The summed E-state index contributed by atoms with van der Waals surface area (Å²) in [4.78, 5) is 17.2. The maximum Gasteiger partial charge on any atom is 0.264 e. The molecule has 0 saturated carbocycles. The number of amides is 1. The van der Waals surface area contributed by atoms with Gasteiger partial charge in [-0.3, -0.25) is 4.79 Å². The van der Waals surface area contributed by atoms with Gasteiger partial charge in [0.15, 0.2) is 0 Å². The summed E-state index contributed by atoms with van der Waals surface area (Å²) in [6.45, 7) is 3.15. The Balaban J connectivity index is 1.37. The molecule has 0 radical (unpaired) electrons. The highest BCUT2D eigenvalue weighted by atomic mass is 19.1. The third-order valence-electron chi connectivity index (χ3n) is 6.42. The monoisotopic (exact) mass is 464 g/mol. The van der Waals surface area contributed by atoms with Crippen molar-refractivity contribution >= 4 is 28.6 Å². The predicted octanol–water partition coefficient (Wildman–Crippen LogP) is 5.08. The number of nitriles is 1. The van der Waals surface area contributed by atoms with E-state index in [1.165, 1.54) is 12.1 Å². The zero-order valence-electron chi connectivity index (χ0n) is 19.3. The maximum absolute atomic E-state index is 13.3. The van der Waals surface area contributed by atoms with Crippen molar-refractivity contribution in [3.8, 4) is 6.07 Å². The minimum atomic E-state index is -0.267. The summed E-state index contributed by atoms with van der Waals surface area (Å²) in [5, 5.41) is 10.8. The van der Waals surface area contributed by atoms with Crippen LogP contribution >= 0.6 is 0 Å². The highest BCUT2D eigenvalue weighted by Crippen LogP contribution is 2.25. The third-order valence-corrected chi connectivity index (χ3v) is 6.42. The second-order valence-electron chi connectivity index (χ2n) is 8.64. The third kappa shape index (κ3) is 4.80. The molecule has 0 N–H and O–H groups in total. The Hall–Kier alpha value is -4.37. The molecule has 5 rings (SSSR count). The summed E-state index contributed by atoms with van der Waals surface area (Å²) in [6, 6.07) is 26.6. The molecule has 5 nitrogen and oxygen atoms in total. The van der Waals surface area contributed by atoms with E-state index in [0.717, 1.165) is 40.8 Å². The van der Waals surface area contributed by atoms with Gasteiger partial charge in [-0.25, -0.2) is 4.39 Å². The summed E-state index contributed by atoms with van der Waals surface area (Å²) in [5.74, 6) is -0.507. The molecule has 1 aromatic heterocycles. The van der Waals surface area contributed by atoms with Gasteiger partial charge < -0.3 is 14.4 Å². The lowest BCUT2D eigenvalue weighted by atomic mass is 10.1. The molecule has 0 unspecified atom stereocenters. The first-order chi connectivity index (χ1) is 17.1. The molecule has 6 heteroatoms. The van der Waals surface area contributed by atoms with Crippen molar-refractivity contribution in [1.29, 1.82) is 5.26 Å². The quantitative estimate of drug-likeness (QED) is 0.306. The van der Waals surface area contributed by atoms with Gasteiger partial charge in [-0.05, 0) is 42.0 Å². The number of carbonyl (C=O) groups excluding carboxylic acids is 1. The number of fused-ring (bicyclic) bond motifs is 1. The number of hydrogen-bond donors (Lipinski definition) is 0. The highest BCUT2D eigenvalue weighted by molar-refractivity contribution is 6.04. The predicted molar refractivity (Wildman–Crippen MR) is 136 cm³/mol. The van der Waals surface area contributed by atoms with Gasteiger partial charge in [0.2, 0.25) is 0 Å². The van der Waals surface area contributed by atoms with E-state index in [1.807, 2.05) is 48.7 Å². The van der Waals surface area contributed by atoms with Crippen molar-refractivity contribution in [2.45, 2.75) is 6.54 Å². The van der Waals surface area contributed by atoms with Crippen LogP contribution in [0.5, 0.6) is 0 Å². The van der Waals surface area contributed by atoms with Crippen molar-refractivity contribution in [2.75, 3.05) is 31.1 Å². The number of rotatable bonds is 5. The van der Waals surface area contributed by atoms with Gasteiger partial charge in [0.25, 0.3) is 5.91 Å². The largest absolute Gasteiger partial charge is 0.368 e. The number of para-hydroxylation sites is 2. The standard InChI is InChI=1S/C29H25FN4O/c30-25-12-10-22(11-13-25)20-34-21-24(27-8-4-5-9-28(27)34)18-23(19-31)29(35)33-16-14-32(15-17-33)26-6-2-1-3-7-26/h1-13,18,21H,14-17,20H2/b23-18-. The van der Waals surface area contributed by atoms with Crippen LogP contribution in [0, 0.1) is 17.1 Å². The van der Waals surface area contributed by atoms with E-state index in [1.54, 1.807) is 23.1 Å². The number of carbonyl (C=O) groups is 1. The zero-order chi connectivity index (χ0) is 24.2. The number of halogens is 1. The Bertz CT molecular complexity index is 1410. The number of nitrogens with zero attached hydrogens (tertiary/aromatic N) is 4. The molecule has 35 heavy (non-hydrogen) atoms. The van der Waals surface area contributed by atoms with E-state index in [-0.39, 0.29) is 17.3 Å². The van der Waals surface area contributed by atoms with Crippen LogP contribution in [0.1, 0.15) is 11.1 Å². The molecular weight excluding hydrogens is 439 g/mol. The zero-order valence-corrected chi connectivity index (χ0v) is 19.3. The van der Waals surface area contributed by atoms with Crippen LogP contribution in [0.3, 0.4) is 0 Å². The summed E-state index contributed by atoms with van der Waals surface area (Å²) < 4.78 is 15.4. The van der Waals surface area contributed by atoms with Gasteiger partial charge in [-0.15, -0.1) is 0 Å². The molecule has 2 heterocycles. The van der Waals surface area contributed by atoms with Crippen LogP contribution in [0.4, 0.5) is 10.1 Å². The Kier molecular flexibility index (Phi) is 6.32. The van der Waals surface area contributed by atoms with Gasteiger partial charge in [0, 0.05) is 61.1 Å². The molecule has 0 aliphatic carbocycles. The SMILES string of the molecule is N#C/C(=C/c1cn(Cc2ccc(F)cc2)c2ccccc12)C(=O)N1CCN(c2ccccc2)CC1. The van der Waals surface area contributed by atoms with Crippen molar-refractivity contribution in [3.05, 3.63) is 108 Å². The fourth-order valence-corrected chi connectivity index (χ4v) is 4.58. The van der Waals surface area contributed by atoms with E-state index >= 15 is 0 Å². The Labute approximate surface area is 203 Å². The van der Waals surface area contributed by atoms with E-state index in [4.69, 9.17) is 0 Å². The lowest BCUT2D eigenvalue weighted by molar-refractivity contribution is -0.126. The molecular formula is C29H25FN4O. The lowest BCUT2D eigenvalue weighted by Crippen LogP contribution is -2.49. The average Bonchev–Trinajstić information content (AvgIpc) is 3.25. The van der Waals surface area contributed by atoms with Gasteiger partial charge in [-0.2, -0.15) is 5.26 Å². The first-order valence-electron chi connectivity index (χ1n) is 11.7. The van der Waals surface area contributed by atoms with Crippen molar-refractivity contribution in [3.63, 3.8) is 0 Å². The van der Waals surface area contributed by atoms with Gasteiger partial charge >= 0.3 is 0 Å². The molecule has 3 aromatic carbocycles. The topological polar surface area (TPSA) is 52.3 Å². The van der Waals surface area contributed by atoms with E-state index in [2.05, 4.69) is 27.7 Å². The minimum Gasteiger partial charge on any atom is -0.368 e. The molecule has 174 valence electrons. The smallest absolute Gasteiger partial charge is 0.264 e. The fourth-order valence-electron chi connectivity index (χ4n) is 4.58. The van der Waals surface area contributed by atoms with Gasteiger partial charge in [0.05, 0.1) is 0 Å². The second-order valence-corrected chi connectivity index (χ2v) is 8.64. The van der Waals surface area contributed by atoms with E-state index in [0.29, 0.717) is 19.6 Å². The molecule has 1 aliphatic rings. The highest BCUT2D eigenvalue weighted by Gasteiger charge is 2.24. The number of benzene rings is 3. The van der Waals surface area contributed by atoms with Crippen LogP contribution < -0.4 is 4.90 Å². The number of hydrogen-bond acceptors (Lipinski definition) is 3. The van der Waals surface area contributed by atoms with Crippen LogP contribution in [0.15, 0.2) is 90.6 Å². The Morgan fingerprint density at radius 2 is 1.60 bits per heavy atom. The fraction of sp³-hybridized carbons (Fsp3) is 0.172. The maximum atomic E-state index is 13.3. The number of aromatic nitrogens is 1. The molecule has 4 aromatic rings. The summed E-state index contributed by atoms with van der Waals surface area (Å²) >= 11 is 0. The molecule has 0 spiro atoms. The molecule has 1 aliphatic heterocycles. The van der Waals surface area contributed by atoms with Crippen LogP contribution in [0.25, 0.3) is 17.0 Å². The van der Waals surface area contributed by atoms with Crippen molar-refractivity contribution in [1.82, 2.24) is 9.47 Å². The van der Waals surface area contributed by atoms with Gasteiger partial charge in [-0.1, -0.05) is 48.5 Å². The minimum absolute atomic E-state index is 0.128. The van der Waals surface area contributed by atoms with Crippen LogP contribution in [-0.2, 0) is 11.3 Å². The summed E-state index contributed by atoms with van der Waals surface area (Å²) in [7, 11) is 0. The normalized spacial score (nSPS) is 14.2. The molecule has 0 bridgehead atoms. The molecule has 1 saturated heterocycles.